The zero-order valence-corrected chi connectivity index (χ0v) is 46.0. The number of carbonyl (C=O) groups is 2. The Labute approximate surface area is 429 Å². The Morgan fingerprint density at radius 3 is 1.17 bits per heavy atom. The molecule has 0 aromatic rings. The van der Waals surface area contributed by atoms with E-state index >= 15 is 0 Å². The molecule has 0 fully saturated rings. The number of nitrogens with one attached hydrogen (secondary N) is 1. The number of hydrogen-bond donors (Lipinski definition) is 3. The zero-order chi connectivity index (χ0) is 50.0. The molecule has 404 valence electrons. The lowest BCUT2D eigenvalue weighted by Gasteiger charge is -2.20. The smallest absolute Gasteiger partial charge is 0.305 e. The molecule has 0 aromatic carbocycles. The van der Waals surface area contributed by atoms with E-state index < -0.39 is 12.1 Å². The van der Waals surface area contributed by atoms with Crippen LogP contribution in [0.25, 0.3) is 0 Å². The van der Waals surface area contributed by atoms with E-state index in [1.54, 1.807) is 6.08 Å². The lowest BCUT2D eigenvalue weighted by atomic mass is 10.0. The average Bonchev–Trinajstić information content (AvgIpc) is 3.35. The van der Waals surface area contributed by atoms with Crippen molar-refractivity contribution in [3.63, 3.8) is 0 Å². The van der Waals surface area contributed by atoms with E-state index in [0.29, 0.717) is 19.4 Å². The maximum absolute atomic E-state index is 12.4. The Morgan fingerprint density at radius 1 is 0.406 bits per heavy atom. The number of allylic oxidation sites excluding steroid dienone is 7. The van der Waals surface area contributed by atoms with E-state index in [4.69, 9.17) is 4.74 Å². The molecule has 0 bridgehead atoms. The molecule has 0 aliphatic rings. The van der Waals surface area contributed by atoms with Gasteiger partial charge < -0.3 is 20.3 Å². The molecule has 69 heavy (non-hydrogen) atoms. The molecule has 0 saturated carbocycles. The highest BCUT2D eigenvalue weighted by atomic mass is 16.5. The third kappa shape index (κ3) is 55.0. The first-order chi connectivity index (χ1) is 34.0. The van der Waals surface area contributed by atoms with Crippen LogP contribution in [0.4, 0.5) is 0 Å². The van der Waals surface area contributed by atoms with Crippen LogP contribution in [0.15, 0.2) is 48.6 Å². The Balaban J connectivity index is 3.37. The molecular weight excluding hydrogens is 851 g/mol. The maximum Gasteiger partial charge on any atom is 0.305 e. The van der Waals surface area contributed by atoms with Gasteiger partial charge >= 0.3 is 5.97 Å². The second-order valence-electron chi connectivity index (χ2n) is 20.7. The van der Waals surface area contributed by atoms with Gasteiger partial charge in [-0.05, 0) is 83.5 Å². The summed E-state index contributed by atoms with van der Waals surface area (Å²) in [5, 5.41) is 23.0. The second kappa shape index (κ2) is 58.4. The van der Waals surface area contributed by atoms with Crippen LogP contribution in [-0.4, -0.2) is 47.4 Å². The topological polar surface area (TPSA) is 95.9 Å². The molecular formula is C63H117NO5. The number of ether oxygens (including phenoxy) is 1. The van der Waals surface area contributed by atoms with Crippen LogP contribution in [-0.2, 0) is 14.3 Å². The van der Waals surface area contributed by atoms with Gasteiger partial charge in [0.25, 0.3) is 0 Å². The number of aliphatic hydroxyl groups excluding tert-OH is 2. The van der Waals surface area contributed by atoms with Gasteiger partial charge in [-0.15, -0.1) is 0 Å². The van der Waals surface area contributed by atoms with Crippen molar-refractivity contribution in [3.05, 3.63) is 48.6 Å². The van der Waals surface area contributed by atoms with E-state index in [1.807, 2.05) is 6.08 Å². The van der Waals surface area contributed by atoms with Crippen molar-refractivity contribution in [2.45, 2.75) is 328 Å². The van der Waals surface area contributed by atoms with E-state index in [9.17, 15) is 19.8 Å². The van der Waals surface area contributed by atoms with Crippen LogP contribution < -0.4 is 5.32 Å². The minimum absolute atomic E-state index is 0.000189. The first-order valence-corrected chi connectivity index (χ1v) is 30.4. The van der Waals surface area contributed by atoms with Crippen LogP contribution in [0.3, 0.4) is 0 Å². The fourth-order valence-electron chi connectivity index (χ4n) is 9.14. The molecule has 0 radical (unpaired) electrons. The Bertz CT molecular complexity index is 1160. The molecule has 0 aromatic heterocycles. The first kappa shape index (κ1) is 66.8. The lowest BCUT2D eigenvalue weighted by molar-refractivity contribution is -0.143. The summed E-state index contributed by atoms with van der Waals surface area (Å²) in [5.74, 6) is -0.0690. The third-order valence-electron chi connectivity index (χ3n) is 13.8. The summed E-state index contributed by atoms with van der Waals surface area (Å²) in [7, 11) is 0. The van der Waals surface area contributed by atoms with Crippen LogP contribution in [0.5, 0.6) is 0 Å². The van der Waals surface area contributed by atoms with Crippen molar-refractivity contribution in [1.29, 1.82) is 0 Å². The predicted molar refractivity (Wildman–Crippen MR) is 301 cm³/mol. The molecule has 0 heterocycles. The number of hydrogen-bond acceptors (Lipinski definition) is 5. The number of carbonyl (C=O) groups excluding carboxylic acids is 2. The van der Waals surface area contributed by atoms with Crippen molar-refractivity contribution >= 4 is 11.9 Å². The predicted octanol–water partition coefficient (Wildman–Crippen LogP) is 19.0. The van der Waals surface area contributed by atoms with Crippen LogP contribution >= 0.6 is 0 Å². The number of amides is 1. The quantitative estimate of drug-likeness (QED) is 0.0321. The first-order valence-electron chi connectivity index (χ1n) is 30.4. The third-order valence-corrected chi connectivity index (χ3v) is 13.8. The van der Waals surface area contributed by atoms with Gasteiger partial charge in [0.15, 0.2) is 0 Å². The van der Waals surface area contributed by atoms with Crippen molar-refractivity contribution in [1.82, 2.24) is 5.32 Å². The van der Waals surface area contributed by atoms with Crippen molar-refractivity contribution in [3.8, 4) is 0 Å². The number of aliphatic hydroxyl groups is 2. The van der Waals surface area contributed by atoms with Gasteiger partial charge in [0.05, 0.1) is 25.4 Å². The van der Waals surface area contributed by atoms with E-state index in [2.05, 4.69) is 55.6 Å². The van der Waals surface area contributed by atoms with Crippen molar-refractivity contribution < 1.29 is 24.5 Å². The van der Waals surface area contributed by atoms with Gasteiger partial charge in [-0.25, -0.2) is 0 Å². The van der Waals surface area contributed by atoms with Crippen LogP contribution in [0, 0.1) is 0 Å². The lowest BCUT2D eigenvalue weighted by Crippen LogP contribution is -2.45. The van der Waals surface area contributed by atoms with Gasteiger partial charge in [-0.1, -0.05) is 268 Å². The summed E-state index contributed by atoms with van der Waals surface area (Å²) in [4.78, 5) is 24.4. The highest BCUT2D eigenvalue weighted by Crippen LogP contribution is 2.17. The van der Waals surface area contributed by atoms with E-state index in [0.717, 1.165) is 51.4 Å². The molecule has 0 saturated heterocycles. The maximum atomic E-state index is 12.4. The SMILES string of the molecule is CCC/C=C\C/C=C\CCCCCCCC(=O)OCCCCCCCCCCCCCC/C=C\CCCCCCCCCCCCCCCC(=O)NC(CO)C(O)/C=C/CCCCCCCCCC. The fraction of sp³-hybridized carbons (Fsp3) is 0.841. The molecule has 0 aliphatic carbocycles. The largest absolute Gasteiger partial charge is 0.466 e. The van der Waals surface area contributed by atoms with Crippen molar-refractivity contribution in [2.75, 3.05) is 13.2 Å². The molecule has 2 unspecified atom stereocenters. The van der Waals surface area contributed by atoms with Gasteiger partial charge in [-0.2, -0.15) is 0 Å². The second-order valence-corrected chi connectivity index (χ2v) is 20.7. The number of rotatable bonds is 56. The molecule has 0 aliphatic heterocycles. The standard InChI is InChI=1S/C63H117NO5/c1-3-5-7-9-11-13-15-33-37-41-45-49-53-57-63(68)69-58-54-50-46-42-38-35-32-30-28-26-24-22-20-18-16-17-19-21-23-25-27-29-31-34-36-40-44-48-52-56-62(67)64-60(59-65)61(66)55-51-47-43-39-14-12-10-8-6-4-2/h7,9,13,15-16,18,51,55,60-61,65-66H,3-6,8,10-12,14,17,19-50,52-54,56-59H2,1-2H3,(H,64,67)/b9-7-,15-13-,18-16-,55-51+. The van der Waals surface area contributed by atoms with Crippen LogP contribution in [0.1, 0.15) is 316 Å². The average molecular weight is 969 g/mol. The fourth-order valence-corrected chi connectivity index (χ4v) is 9.14. The van der Waals surface area contributed by atoms with Crippen LogP contribution in [0.2, 0.25) is 0 Å². The van der Waals surface area contributed by atoms with Gasteiger partial charge in [0.1, 0.15) is 0 Å². The summed E-state index contributed by atoms with van der Waals surface area (Å²) in [6.45, 7) is 4.82. The molecule has 0 rings (SSSR count). The van der Waals surface area contributed by atoms with Gasteiger partial charge in [0.2, 0.25) is 5.91 Å². The minimum Gasteiger partial charge on any atom is -0.466 e. The normalized spacial score (nSPS) is 12.9. The van der Waals surface area contributed by atoms with E-state index in [1.165, 1.54) is 238 Å². The Hall–Kier alpha value is -2.18. The Morgan fingerprint density at radius 2 is 0.754 bits per heavy atom. The summed E-state index contributed by atoms with van der Waals surface area (Å²) in [5.41, 5.74) is 0. The summed E-state index contributed by atoms with van der Waals surface area (Å²) < 4.78 is 5.47. The molecule has 0 spiro atoms. The minimum atomic E-state index is -0.842. The van der Waals surface area contributed by atoms with Gasteiger partial charge in [-0.3, -0.25) is 9.59 Å². The van der Waals surface area contributed by atoms with Crippen molar-refractivity contribution in [2.24, 2.45) is 0 Å². The molecule has 2 atom stereocenters. The highest BCUT2D eigenvalue weighted by molar-refractivity contribution is 5.76. The Kier molecular flexibility index (Phi) is 56.5. The summed E-state index contributed by atoms with van der Waals surface area (Å²) in [6, 6.07) is -0.626. The molecule has 3 N–H and O–H groups in total. The molecule has 1 amide bonds. The summed E-state index contributed by atoms with van der Waals surface area (Å²) >= 11 is 0. The van der Waals surface area contributed by atoms with Gasteiger partial charge in [0, 0.05) is 12.8 Å². The molecule has 6 nitrogen and oxygen atoms in total. The van der Waals surface area contributed by atoms with E-state index in [-0.39, 0.29) is 18.5 Å². The number of unbranched alkanes of at least 4 members (excludes halogenated alkanes) is 39. The summed E-state index contributed by atoms with van der Waals surface area (Å²) in [6.07, 6.45) is 74.5. The highest BCUT2D eigenvalue weighted by Gasteiger charge is 2.18. The monoisotopic (exact) mass is 968 g/mol. The number of esters is 1. The zero-order valence-electron chi connectivity index (χ0n) is 46.0. The molecule has 6 heteroatoms.